The molecule has 0 aromatic heterocycles. The Hall–Kier alpha value is -2.43. The number of carbonyl (C=O) groups is 1. The second kappa shape index (κ2) is 8.10. The second-order valence-electron chi connectivity index (χ2n) is 12.5. The van der Waals surface area contributed by atoms with Gasteiger partial charge in [-0.05, 0) is 42.4 Å². The predicted molar refractivity (Wildman–Crippen MR) is 144 cm³/mol. The molecular formula is C32H36O8. The van der Waals surface area contributed by atoms with E-state index in [1.54, 1.807) is 25.2 Å². The van der Waals surface area contributed by atoms with Crippen LogP contribution in [0, 0.1) is 23.7 Å². The fourth-order valence-electron chi connectivity index (χ4n) is 8.77. The van der Waals surface area contributed by atoms with E-state index in [0.29, 0.717) is 5.57 Å². The molecule has 2 saturated carbocycles. The molecule has 1 aromatic rings. The summed E-state index contributed by atoms with van der Waals surface area (Å²) in [6, 6.07) is 9.87. The molecule has 5 fully saturated rings. The standard InChI is InChI=1S/C32H36O8/c1-17(2)31-19(4)20(5)32-22-15-18(3)24(34)30(22,36)27(35)28(16-33)25(37-28)23(32)26(31)38-29(39-31,40-32)14-10-9-13-21-11-7-6-8-12-21/h6-15,19-20,22-23,25-27,33,35-36H,1,16H2,2-5H3/b13-9+,14-10+/t19-,20-,22-,23+,25+,26-,27-,28+,29?,30-,31+,32+/m1/s1. The molecule has 8 nitrogen and oxygen atoms in total. The van der Waals surface area contributed by atoms with E-state index in [1.807, 2.05) is 56.3 Å². The van der Waals surface area contributed by atoms with Gasteiger partial charge in [0.1, 0.15) is 29.5 Å². The molecule has 0 spiro atoms. The third-order valence-corrected chi connectivity index (χ3v) is 10.8. The summed E-state index contributed by atoms with van der Waals surface area (Å²) in [5.41, 5.74) is -3.86. The van der Waals surface area contributed by atoms with Gasteiger partial charge in [0, 0.05) is 17.9 Å². The van der Waals surface area contributed by atoms with Crippen molar-refractivity contribution in [1.29, 1.82) is 0 Å². The van der Waals surface area contributed by atoms with Crippen molar-refractivity contribution in [3.63, 3.8) is 0 Å². The number of ether oxygens (including phenoxy) is 4. The van der Waals surface area contributed by atoms with Crippen LogP contribution in [0.3, 0.4) is 0 Å². The van der Waals surface area contributed by atoms with Crippen molar-refractivity contribution >= 4 is 11.9 Å². The Morgan fingerprint density at radius 3 is 2.48 bits per heavy atom. The quantitative estimate of drug-likeness (QED) is 0.292. The minimum absolute atomic E-state index is 0.199. The number of benzene rings is 1. The third kappa shape index (κ3) is 2.83. The number of fused-ring (bicyclic) bond motifs is 3. The van der Waals surface area contributed by atoms with E-state index in [-0.39, 0.29) is 11.8 Å². The number of hydrogen-bond donors (Lipinski definition) is 3. The lowest BCUT2D eigenvalue weighted by molar-refractivity contribution is -0.407. The van der Waals surface area contributed by atoms with Crippen LogP contribution in [-0.4, -0.2) is 74.4 Å². The van der Waals surface area contributed by atoms with Gasteiger partial charge in [0.15, 0.2) is 11.4 Å². The first-order valence-electron chi connectivity index (χ1n) is 14.0. The topological polar surface area (TPSA) is 118 Å². The highest BCUT2D eigenvalue weighted by Crippen LogP contribution is 2.73. The summed E-state index contributed by atoms with van der Waals surface area (Å²) in [5.74, 6) is -4.21. The van der Waals surface area contributed by atoms with Crippen LogP contribution in [0.5, 0.6) is 0 Å². The Kier molecular flexibility index (Phi) is 5.36. The Labute approximate surface area is 233 Å². The Balaban J connectivity index is 1.42. The third-order valence-electron chi connectivity index (χ3n) is 10.8. The maximum Gasteiger partial charge on any atom is 0.306 e. The molecular weight excluding hydrogens is 512 g/mol. The molecule has 6 aliphatic rings. The molecule has 1 unspecified atom stereocenters. The van der Waals surface area contributed by atoms with Gasteiger partial charge < -0.3 is 34.3 Å². The summed E-state index contributed by atoms with van der Waals surface area (Å²) in [4.78, 5) is 13.6. The van der Waals surface area contributed by atoms with Crippen LogP contribution in [0.2, 0.25) is 0 Å². The molecule has 212 valence electrons. The minimum atomic E-state index is -2.25. The maximum absolute atomic E-state index is 13.6. The van der Waals surface area contributed by atoms with Crippen molar-refractivity contribution in [3.8, 4) is 0 Å². The summed E-state index contributed by atoms with van der Waals surface area (Å²) in [5, 5.41) is 34.3. The number of rotatable bonds is 5. The lowest BCUT2D eigenvalue weighted by Crippen LogP contribution is -2.74. The summed E-state index contributed by atoms with van der Waals surface area (Å²) in [7, 11) is 0. The van der Waals surface area contributed by atoms with Crippen molar-refractivity contribution in [3.05, 3.63) is 77.9 Å². The van der Waals surface area contributed by atoms with E-state index in [4.69, 9.17) is 18.9 Å². The van der Waals surface area contributed by atoms with E-state index >= 15 is 0 Å². The average Bonchev–Trinajstić information content (AvgIpc) is 3.56. The molecule has 7 rings (SSSR count). The van der Waals surface area contributed by atoms with Gasteiger partial charge in [0.25, 0.3) is 0 Å². The lowest BCUT2D eigenvalue weighted by Gasteiger charge is -2.61. The van der Waals surface area contributed by atoms with Gasteiger partial charge in [-0.3, -0.25) is 4.79 Å². The van der Waals surface area contributed by atoms with E-state index in [1.165, 1.54) is 0 Å². The van der Waals surface area contributed by atoms with Crippen LogP contribution in [0.25, 0.3) is 6.08 Å². The molecule has 3 heterocycles. The predicted octanol–water partition coefficient (Wildman–Crippen LogP) is 2.69. The Morgan fingerprint density at radius 2 is 1.80 bits per heavy atom. The number of allylic oxidation sites excluding steroid dienone is 2. The number of hydrogen-bond acceptors (Lipinski definition) is 8. The molecule has 40 heavy (non-hydrogen) atoms. The summed E-state index contributed by atoms with van der Waals surface area (Å²) >= 11 is 0. The molecule has 0 amide bonds. The number of aliphatic hydroxyl groups is 3. The van der Waals surface area contributed by atoms with Crippen LogP contribution in [-0.2, 0) is 23.7 Å². The highest BCUT2D eigenvalue weighted by Gasteiger charge is 2.89. The van der Waals surface area contributed by atoms with E-state index in [9.17, 15) is 20.1 Å². The van der Waals surface area contributed by atoms with Crippen molar-refractivity contribution in [2.75, 3.05) is 6.61 Å². The van der Waals surface area contributed by atoms with Gasteiger partial charge in [0.2, 0.25) is 0 Å². The highest BCUT2D eigenvalue weighted by atomic mass is 16.9. The van der Waals surface area contributed by atoms with Gasteiger partial charge in [-0.25, -0.2) is 0 Å². The zero-order valence-electron chi connectivity index (χ0n) is 23.1. The van der Waals surface area contributed by atoms with Gasteiger partial charge in [-0.1, -0.05) is 75.1 Å². The summed E-state index contributed by atoms with van der Waals surface area (Å²) in [6.45, 7) is 11.4. The van der Waals surface area contributed by atoms with Gasteiger partial charge in [-0.2, -0.15) is 0 Å². The minimum Gasteiger partial charge on any atom is -0.393 e. The molecule has 3 N–H and O–H groups in total. The zero-order valence-corrected chi connectivity index (χ0v) is 23.1. The summed E-state index contributed by atoms with van der Waals surface area (Å²) in [6.07, 6.45) is 6.04. The van der Waals surface area contributed by atoms with Crippen molar-refractivity contribution in [1.82, 2.24) is 0 Å². The molecule has 8 heteroatoms. The van der Waals surface area contributed by atoms with E-state index < -0.39 is 70.9 Å². The fraction of sp³-hybridized carbons (Fsp3) is 0.531. The first kappa shape index (κ1) is 26.5. The molecule has 1 aromatic carbocycles. The largest absolute Gasteiger partial charge is 0.393 e. The molecule has 12 atom stereocenters. The Morgan fingerprint density at radius 1 is 1.07 bits per heavy atom. The smallest absolute Gasteiger partial charge is 0.306 e. The van der Waals surface area contributed by atoms with Gasteiger partial charge in [-0.15, -0.1) is 0 Å². The molecule has 3 aliphatic carbocycles. The van der Waals surface area contributed by atoms with Crippen molar-refractivity contribution in [2.45, 2.75) is 74.4 Å². The number of epoxide rings is 1. The van der Waals surface area contributed by atoms with Crippen LogP contribution in [0.15, 0.2) is 72.4 Å². The monoisotopic (exact) mass is 548 g/mol. The maximum atomic E-state index is 13.6. The number of Topliss-reactive ketones (excluding diaryl/α,β-unsaturated/α-hetero) is 1. The van der Waals surface area contributed by atoms with Gasteiger partial charge in [0.05, 0.1) is 12.2 Å². The van der Waals surface area contributed by atoms with E-state index in [2.05, 4.69) is 13.5 Å². The average molecular weight is 549 g/mol. The fourth-order valence-corrected chi connectivity index (χ4v) is 8.77. The Bertz CT molecular complexity index is 1380. The molecule has 3 bridgehead atoms. The molecule has 3 saturated heterocycles. The SMILES string of the molecule is C=C(C)[C@@]12OC3(/C=C/C=C/c4ccccc4)O[C@@H]1[C@@H]1[C@@H]4O[C@]4(CO)[C@@H](O)[C@]4(O)C(=O)C(C)=C[C@H]4[C@@]1(O3)[C@H](C)[C@H]2C. The van der Waals surface area contributed by atoms with Gasteiger partial charge >= 0.3 is 5.97 Å². The number of ketones is 1. The van der Waals surface area contributed by atoms with Crippen LogP contribution >= 0.6 is 0 Å². The van der Waals surface area contributed by atoms with E-state index in [0.717, 1.165) is 11.1 Å². The highest BCUT2D eigenvalue weighted by molar-refractivity contribution is 6.05. The molecule has 3 aliphatic heterocycles. The molecule has 0 radical (unpaired) electrons. The first-order valence-corrected chi connectivity index (χ1v) is 14.0. The second-order valence-corrected chi connectivity index (χ2v) is 12.5. The lowest BCUT2D eigenvalue weighted by atomic mass is 9.50. The number of carbonyl (C=O) groups excluding carboxylic acids is 1. The normalized spacial score (nSPS) is 51.9. The van der Waals surface area contributed by atoms with Crippen LogP contribution < -0.4 is 0 Å². The number of aliphatic hydroxyl groups excluding tert-OH is 2. The first-order chi connectivity index (χ1) is 18.9. The van der Waals surface area contributed by atoms with Crippen molar-refractivity contribution < 1.29 is 39.1 Å². The van der Waals surface area contributed by atoms with Crippen LogP contribution in [0.4, 0.5) is 0 Å². The summed E-state index contributed by atoms with van der Waals surface area (Å²) < 4.78 is 26.6. The zero-order chi connectivity index (χ0) is 28.5. The van der Waals surface area contributed by atoms with Crippen LogP contribution in [0.1, 0.15) is 33.3 Å². The van der Waals surface area contributed by atoms with Crippen molar-refractivity contribution in [2.24, 2.45) is 23.7 Å².